The van der Waals surface area contributed by atoms with E-state index in [1.807, 2.05) is 0 Å². The average molecular weight is 525 g/mol. The number of hydrogen-bond donors (Lipinski definition) is 1. The Morgan fingerprint density at radius 3 is 2.14 bits per heavy atom. The van der Waals surface area contributed by atoms with Crippen LogP contribution in [-0.2, 0) is 21.0 Å². The zero-order valence-electron chi connectivity index (χ0n) is 19.5. The predicted molar refractivity (Wildman–Crippen MR) is 127 cm³/mol. The Balaban J connectivity index is 1.98. The molecule has 0 bridgehead atoms. The van der Waals surface area contributed by atoms with Crippen molar-refractivity contribution in [3.63, 3.8) is 0 Å². The van der Waals surface area contributed by atoms with Crippen molar-refractivity contribution >= 4 is 27.3 Å². The first-order valence-electron chi connectivity index (χ1n) is 10.4. The summed E-state index contributed by atoms with van der Waals surface area (Å²) in [5.74, 6) is 0.0567. The van der Waals surface area contributed by atoms with Crippen molar-refractivity contribution in [3.05, 3.63) is 72.3 Å². The van der Waals surface area contributed by atoms with Crippen molar-refractivity contribution in [2.75, 3.05) is 37.5 Å². The van der Waals surface area contributed by atoms with Crippen molar-refractivity contribution in [3.8, 4) is 17.2 Å². The number of benzene rings is 3. The van der Waals surface area contributed by atoms with E-state index in [0.29, 0.717) is 11.5 Å². The second-order valence-electron chi connectivity index (χ2n) is 7.35. The molecular weight excluding hydrogens is 501 g/mol. The number of rotatable bonds is 9. The molecule has 12 heteroatoms. The molecule has 192 valence electrons. The molecule has 3 aromatic rings. The normalized spacial score (nSPS) is 11.5. The van der Waals surface area contributed by atoms with Gasteiger partial charge in [0.1, 0.15) is 12.3 Å². The van der Waals surface area contributed by atoms with Crippen LogP contribution in [0, 0.1) is 0 Å². The largest absolute Gasteiger partial charge is 0.497 e. The second-order valence-corrected chi connectivity index (χ2v) is 9.22. The number of methoxy groups -OCH3 is 3. The van der Waals surface area contributed by atoms with Gasteiger partial charge < -0.3 is 19.5 Å². The molecule has 0 radical (unpaired) electrons. The van der Waals surface area contributed by atoms with Gasteiger partial charge in [-0.05, 0) is 54.6 Å². The quantitative estimate of drug-likeness (QED) is 0.441. The van der Waals surface area contributed by atoms with Crippen LogP contribution in [0.4, 0.5) is 24.5 Å². The first-order valence-corrected chi connectivity index (χ1v) is 11.8. The molecule has 3 rings (SSSR count). The van der Waals surface area contributed by atoms with E-state index in [2.05, 4.69) is 5.32 Å². The molecular formula is C24H23F3N2O6S. The van der Waals surface area contributed by atoms with E-state index in [-0.39, 0.29) is 22.0 Å². The lowest BCUT2D eigenvalue weighted by Gasteiger charge is -2.25. The molecule has 0 aliphatic heterocycles. The molecule has 0 saturated carbocycles. The minimum absolute atomic E-state index is 0.129. The van der Waals surface area contributed by atoms with E-state index in [4.69, 9.17) is 14.2 Å². The molecule has 0 fully saturated rings. The third-order valence-corrected chi connectivity index (χ3v) is 6.83. The molecule has 0 aromatic heterocycles. The molecule has 0 atom stereocenters. The van der Waals surface area contributed by atoms with Crippen molar-refractivity contribution in [1.29, 1.82) is 0 Å². The summed E-state index contributed by atoms with van der Waals surface area (Å²) in [6.45, 7) is -0.723. The van der Waals surface area contributed by atoms with Gasteiger partial charge in [0.05, 0.1) is 37.5 Å². The molecule has 1 N–H and O–H groups in total. The Morgan fingerprint density at radius 1 is 0.889 bits per heavy atom. The van der Waals surface area contributed by atoms with Crippen molar-refractivity contribution < 1.29 is 40.6 Å². The fourth-order valence-electron chi connectivity index (χ4n) is 3.27. The van der Waals surface area contributed by atoms with Crippen LogP contribution in [-0.4, -0.2) is 42.2 Å². The Hall–Kier alpha value is -3.93. The lowest BCUT2D eigenvalue weighted by Crippen LogP contribution is -2.38. The standard InChI is InChI=1S/C24H23F3N2O6S/c1-33-19-9-7-18(8-10-19)29(36(31,32)20-11-12-21(34-2)22(14-20)35-3)15-23(30)28-17-6-4-5-16(13-17)24(25,26)27/h4-14H,15H2,1-3H3,(H,28,30). The Labute approximate surface area is 206 Å². The highest BCUT2D eigenvalue weighted by Crippen LogP contribution is 2.33. The fraction of sp³-hybridized carbons (Fsp3) is 0.208. The number of sulfonamides is 1. The van der Waals surface area contributed by atoms with Gasteiger partial charge in [-0.2, -0.15) is 13.2 Å². The second kappa shape index (κ2) is 10.8. The van der Waals surface area contributed by atoms with Gasteiger partial charge in [-0.1, -0.05) is 6.07 Å². The first kappa shape index (κ1) is 26.7. The maximum atomic E-state index is 13.6. The third-order valence-electron chi connectivity index (χ3n) is 5.06. The lowest BCUT2D eigenvalue weighted by molar-refractivity contribution is -0.137. The number of nitrogens with zero attached hydrogens (tertiary/aromatic N) is 1. The smallest absolute Gasteiger partial charge is 0.416 e. The summed E-state index contributed by atoms with van der Waals surface area (Å²) in [4.78, 5) is 12.6. The SMILES string of the molecule is COc1ccc(N(CC(=O)Nc2cccc(C(F)(F)F)c2)S(=O)(=O)c2ccc(OC)c(OC)c2)cc1. The predicted octanol–water partition coefficient (Wildman–Crippen LogP) is 4.57. The van der Waals surface area contributed by atoms with E-state index in [9.17, 15) is 26.4 Å². The van der Waals surface area contributed by atoms with Gasteiger partial charge in [0.15, 0.2) is 11.5 Å². The molecule has 36 heavy (non-hydrogen) atoms. The summed E-state index contributed by atoms with van der Waals surface area (Å²) in [6.07, 6.45) is -4.60. The van der Waals surface area contributed by atoms with Crippen LogP contribution >= 0.6 is 0 Å². The van der Waals surface area contributed by atoms with Gasteiger partial charge >= 0.3 is 6.18 Å². The number of anilines is 2. The molecule has 0 unspecified atom stereocenters. The van der Waals surface area contributed by atoms with Crippen molar-refractivity contribution in [2.45, 2.75) is 11.1 Å². The highest BCUT2D eigenvalue weighted by atomic mass is 32.2. The van der Waals surface area contributed by atoms with E-state index < -0.39 is 34.2 Å². The van der Waals surface area contributed by atoms with Gasteiger partial charge in [-0.25, -0.2) is 8.42 Å². The third kappa shape index (κ3) is 6.00. The lowest BCUT2D eigenvalue weighted by atomic mass is 10.2. The molecule has 0 aliphatic rings. The topological polar surface area (TPSA) is 94.2 Å². The van der Waals surface area contributed by atoms with E-state index >= 15 is 0 Å². The molecule has 0 saturated heterocycles. The number of alkyl halides is 3. The van der Waals surface area contributed by atoms with Crippen LogP contribution in [0.2, 0.25) is 0 Å². The zero-order valence-corrected chi connectivity index (χ0v) is 20.3. The molecule has 0 aliphatic carbocycles. The summed E-state index contributed by atoms with van der Waals surface area (Å²) in [7, 11) is -0.152. The number of hydrogen-bond acceptors (Lipinski definition) is 6. The molecule has 3 aromatic carbocycles. The van der Waals surface area contributed by atoms with Gasteiger partial charge in [-0.3, -0.25) is 9.10 Å². The number of ether oxygens (including phenoxy) is 3. The van der Waals surface area contributed by atoms with Crippen LogP contribution < -0.4 is 23.8 Å². The summed E-state index contributed by atoms with van der Waals surface area (Å²) >= 11 is 0. The minimum Gasteiger partial charge on any atom is -0.497 e. The van der Waals surface area contributed by atoms with Crippen LogP contribution in [0.3, 0.4) is 0 Å². The molecule has 8 nitrogen and oxygen atoms in total. The highest BCUT2D eigenvalue weighted by molar-refractivity contribution is 7.92. The van der Waals surface area contributed by atoms with E-state index in [1.54, 1.807) is 0 Å². The average Bonchev–Trinajstić information content (AvgIpc) is 2.86. The zero-order chi connectivity index (χ0) is 26.5. The van der Waals surface area contributed by atoms with Crippen LogP contribution in [0.25, 0.3) is 0 Å². The number of carbonyl (C=O) groups excluding carboxylic acids is 1. The summed E-state index contributed by atoms with van der Waals surface area (Å²) < 4.78 is 82.6. The molecule has 0 heterocycles. The number of amides is 1. The van der Waals surface area contributed by atoms with Gasteiger partial charge in [0, 0.05) is 11.8 Å². The number of nitrogens with one attached hydrogen (secondary N) is 1. The molecule has 0 spiro atoms. The van der Waals surface area contributed by atoms with Crippen LogP contribution in [0.5, 0.6) is 17.2 Å². The Kier molecular flexibility index (Phi) is 7.98. The van der Waals surface area contributed by atoms with Gasteiger partial charge in [0.25, 0.3) is 10.0 Å². The van der Waals surface area contributed by atoms with Crippen LogP contribution in [0.1, 0.15) is 5.56 Å². The Bertz CT molecular complexity index is 1330. The Morgan fingerprint density at radius 2 is 1.56 bits per heavy atom. The fourth-order valence-corrected chi connectivity index (χ4v) is 4.71. The van der Waals surface area contributed by atoms with Crippen LogP contribution in [0.15, 0.2) is 71.6 Å². The summed E-state index contributed by atoms with van der Waals surface area (Å²) in [5.41, 5.74) is -0.956. The number of carbonyl (C=O) groups is 1. The van der Waals surface area contributed by atoms with E-state index in [1.165, 1.54) is 69.9 Å². The maximum Gasteiger partial charge on any atom is 0.416 e. The molecule has 1 amide bonds. The number of halogens is 3. The maximum absolute atomic E-state index is 13.6. The van der Waals surface area contributed by atoms with Gasteiger partial charge in [-0.15, -0.1) is 0 Å². The van der Waals surface area contributed by atoms with Crippen molar-refractivity contribution in [1.82, 2.24) is 0 Å². The monoisotopic (exact) mass is 524 g/mol. The van der Waals surface area contributed by atoms with E-state index in [0.717, 1.165) is 22.5 Å². The first-order chi connectivity index (χ1) is 17.0. The summed E-state index contributed by atoms with van der Waals surface area (Å²) in [6, 6.07) is 13.9. The van der Waals surface area contributed by atoms with Crippen molar-refractivity contribution in [2.24, 2.45) is 0 Å². The highest BCUT2D eigenvalue weighted by Gasteiger charge is 2.31. The van der Waals surface area contributed by atoms with Gasteiger partial charge in [0.2, 0.25) is 5.91 Å². The minimum atomic E-state index is -4.60. The summed E-state index contributed by atoms with van der Waals surface area (Å²) in [5, 5.41) is 2.33.